The number of fused-ring (bicyclic) bond motifs is 2. The Kier molecular flexibility index (Phi) is 10.00. The Morgan fingerprint density at radius 3 is 1.81 bits per heavy atom. The summed E-state index contributed by atoms with van der Waals surface area (Å²) in [5, 5.41) is 9.68. The van der Waals surface area contributed by atoms with E-state index in [9.17, 15) is 0 Å². The number of halogens is 2. The molecule has 0 fully saturated rings. The molecule has 0 aliphatic rings. The average Bonchev–Trinajstić information content (AvgIpc) is 3.57. The summed E-state index contributed by atoms with van der Waals surface area (Å²) < 4.78 is 0. The van der Waals surface area contributed by atoms with Crippen LogP contribution in [-0.4, -0.2) is 0 Å². The van der Waals surface area contributed by atoms with E-state index >= 15 is 0 Å². The van der Waals surface area contributed by atoms with Gasteiger partial charge in [0.15, 0.2) is 0 Å². The Hall–Kier alpha value is -2.18. The van der Waals surface area contributed by atoms with Gasteiger partial charge in [0.05, 0.1) is 0 Å². The van der Waals surface area contributed by atoms with Crippen LogP contribution in [0.15, 0.2) is 127 Å². The maximum Gasteiger partial charge on any atom is -0.0166 e. The van der Waals surface area contributed by atoms with Crippen molar-refractivity contribution in [3.8, 4) is 0 Å². The van der Waals surface area contributed by atoms with E-state index in [0.717, 1.165) is 0 Å². The molecule has 0 spiro atoms. The third-order valence-corrected chi connectivity index (χ3v) is 8.54. The van der Waals surface area contributed by atoms with E-state index in [2.05, 4.69) is 141 Å². The van der Waals surface area contributed by atoms with Crippen molar-refractivity contribution in [3.63, 3.8) is 0 Å². The summed E-state index contributed by atoms with van der Waals surface area (Å²) in [6.07, 6.45) is 0. The van der Waals surface area contributed by atoms with Crippen LogP contribution in [0.3, 0.4) is 0 Å². The third-order valence-electron chi connectivity index (χ3n) is 6.14. The van der Waals surface area contributed by atoms with Crippen LogP contribution in [-0.2, 0) is 17.0 Å². The average molecular weight is 561 g/mol. The molecule has 6 aromatic carbocycles. The van der Waals surface area contributed by atoms with Gasteiger partial charge in [-0.05, 0) is 25.5 Å². The summed E-state index contributed by atoms with van der Waals surface area (Å²) in [5.41, 5.74) is 2.74. The summed E-state index contributed by atoms with van der Waals surface area (Å²) in [7, 11) is 9.28. The smallest absolute Gasteiger partial charge is 0.0166 e. The minimum atomic E-state index is -0.556. The number of aryl methyl sites for hydroxylation is 2. The van der Waals surface area contributed by atoms with E-state index in [4.69, 9.17) is 18.6 Å². The van der Waals surface area contributed by atoms with Crippen molar-refractivity contribution in [2.45, 2.75) is 13.8 Å². The normalized spacial score (nSPS) is 10.5. The number of hydrogen-bond donors (Lipinski definition) is 0. The molecule has 180 valence electrons. The van der Waals surface area contributed by atoms with Gasteiger partial charge < -0.3 is 0 Å². The molecule has 6 aromatic rings. The molecule has 0 aromatic heterocycles. The van der Waals surface area contributed by atoms with Gasteiger partial charge in [0, 0.05) is 0 Å². The van der Waals surface area contributed by atoms with Gasteiger partial charge in [0.2, 0.25) is 0 Å². The Bertz CT molecular complexity index is 1390. The molecule has 0 aliphatic carbocycles. The monoisotopic (exact) mass is 560 g/mol. The minimum absolute atomic E-state index is 0.493. The van der Waals surface area contributed by atoms with Gasteiger partial charge in [-0.25, -0.2) is 0 Å². The summed E-state index contributed by atoms with van der Waals surface area (Å²) in [6, 6.07) is 45.8. The van der Waals surface area contributed by atoms with Crippen molar-refractivity contribution < 1.29 is 17.0 Å². The molecule has 0 unspecified atom stereocenters. The quantitative estimate of drug-likeness (QED) is 0.115. The number of rotatable bonds is 3. The first-order valence-electron chi connectivity index (χ1n) is 11.8. The van der Waals surface area contributed by atoms with E-state index in [1.54, 1.807) is 0 Å². The van der Waals surface area contributed by atoms with Gasteiger partial charge in [0.25, 0.3) is 0 Å². The van der Waals surface area contributed by atoms with Crippen LogP contribution in [0, 0.1) is 13.8 Å². The number of hydrogen-bond acceptors (Lipinski definition) is 0. The SMILES string of the molecule is Cc1ccc(C)c2[cH-]ccc12.[Cl][Ti][Cl].c1ccc(P(c2ccccc2)c2cc3ccccc3[cH-]2)cc1. The fourth-order valence-corrected chi connectivity index (χ4v) is 6.77. The standard InChI is InChI=1S/C21H16P.C11H11.2ClH.Ti/c1-3-11-19(12-4-1)22(20-13-5-2-6-14-20)21-15-17-9-7-8-10-18(17)16-21;1-8-6-7-9(2)11-5-3-4-10(8)11;;;/h1-16H;3-7H,1-2H3;2*1H;/q2*-1;;;+2/p-2. The molecular weight excluding hydrogens is 534 g/mol. The second kappa shape index (κ2) is 13.4. The van der Waals surface area contributed by atoms with Crippen LogP contribution in [0.1, 0.15) is 11.1 Å². The Morgan fingerprint density at radius 1 is 0.667 bits per heavy atom. The van der Waals surface area contributed by atoms with E-state index in [-0.39, 0.29) is 0 Å². The third kappa shape index (κ3) is 6.57. The molecule has 0 radical (unpaired) electrons. The van der Waals surface area contributed by atoms with Gasteiger partial charge in [0.1, 0.15) is 0 Å². The molecule has 6 rings (SSSR count). The molecular formula is C32H27Cl2PTi-2. The van der Waals surface area contributed by atoms with E-state index in [0.29, 0.717) is 0 Å². The molecule has 0 bridgehead atoms. The second-order valence-electron chi connectivity index (χ2n) is 8.47. The topological polar surface area (TPSA) is 0 Å². The van der Waals surface area contributed by atoms with Crippen molar-refractivity contribution in [2.24, 2.45) is 0 Å². The van der Waals surface area contributed by atoms with E-state index in [1.165, 1.54) is 48.6 Å². The number of benzene rings is 4. The van der Waals surface area contributed by atoms with Crippen molar-refractivity contribution in [2.75, 3.05) is 0 Å². The Morgan fingerprint density at radius 2 is 1.22 bits per heavy atom. The van der Waals surface area contributed by atoms with Crippen molar-refractivity contribution in [1.82, 2.24) is 0 Å². The van der Waals surface area contributed by atoms with Crippen molar-refractivity contribution in [3.05, 3.63) is 139 Å². The molecule has 0 amide bonds. The zero-order valence-corrected chi connectivity index (χ0v) is 24.3. The van der Waals surface area contributed by atoms with Gasteiger partial charge in [-0.15, -0.1) is 68.8 Å². The van der Waals surface area contributed by atoms with Crippen LogP contribution in [0.2, 0.25) is 0 Å². The van der Waals surface area contributed by atoms with Crippen LogP contribution in [0.4, 0.5) is 0 Å². The molecule has 4 heteroatoms. The first-order chi connectivity index (χ1) is 17.6. The maximum absolute atomic E-state index is 4.89. The van der Waals surface area contributed by atoms with E-state index in [1.807, 2.05) is 0 Å². The summed E-state index contributed by atoms with van der Waals surface area (Å²) in [5.74, 6) is 0. The fourth-order valence-electron chi connectivity index (χ4n) is 4.40. The molecule has 0 atom stereocenters. The Labute approximate surface area is 232 Å². The van der Waals surface area contributed by atoms with Gasteiger partial charge in [-0.3, -0.25) is 0 Å². The molecule has 0 heterocycles. The summed E-state index contributed by atoms with van der Waals surface area (Å²) >= 11 is -0.556. The van der Waals surface area contributed by atoms with Crippen LogP contribution >= 0.6 is 26.5 Å². The molecule has 0 saturated carbocycles. The van der Waals surface area contributed by atoms with Crippen molar-refractivity contribution >= 4 is 64.0 Å². The Balaban J connectivity index is 0.000000181. The first kappa shape index (κ1) is 26.9. The molecule has 0 nitrogen and oxygen atoms in total. The fraction of sp³-hybridized carbons (Fsp3) is 0.0625. The maximum atomic E-state index is 4.89. The molecule has 0 aliphatic heterocycles. The van der Waals surface area contributed by atoms with Gasteiger partial charge in [-0.1, -0.05) is 85.3 Å². The predicted molar refractivity (Wildman–Crippen MR) is 159 cm³/mol. The van der Waals surface area contributed by atoms with Gasteiger partial charge in [-0.2, -0.15) is 18.2 Å². The van der Waals surface area contributed by atoms with Gasteiger partial charge >= 0.3 is 35.6 Å². The van der Waals surface area contributed by atoms with Crippen molar-refractivity contribution in [1.29, 1.82) is 0 Å². The van der Waals surface area contributed by atoms with E-state index < -0.39 is 25.0 Å². The summed E-state index contributed by atoms with van der Waals surface area (Å²) in [6.45, 7) is 4.31. The summed E-state index contributed by atoms with van der Waals surface area (Å²) in [4.78, 5) is 0. The minimum Gasteiger partial charge on any atom is -0.160 e. The van der Waals surface area contributed by atoms with Crippen LogP contribution in [0.5, 0.6) is 0 Å². The zero-order valence-electron chi connectivity index (χ0n) is 20.3. The first-order valence-corrected chi connectivity index (χ1v) is 17.4. The molecule has 0 saturated heterocycles. The zero-order chi connectivity index (χ0) is 25.3. The molecule has 36 heavy (non-hydrogen) atoms. The second-order valence-corrected chi connectivity index (χ2v) is 13.3. The largest absolute Gasteiger partial charge is 0.160 e. The molecule has 0 N–H and O–H groups in total. The predicted octanol–water partition coefficient (Wildman–Crippen LogP) is 8.87. The van der Waals surface area contributed by atoms with Crippen LogP contribution in [0.25, 0.3) is 21.5 Å². The van der Waals surface area contributed by atoms with Crippen LogP contribution < -0.4 is 15.9 Å².